The number of benzene rings is 1. The predicted octanol–water partition coefficient (Wildman–Crippen LogP) is 1.39. The lowest BCUT2D eigenvalue weighted by Gasteiger charge is -2.05. The molecule has 0 saturated carbocycles. The molecule has 8 nitrogen and oxygen atoms in total. The summed E-state index contributed by atoms with van der Waals surface area (Å²) >= 11 is 0. The lowest BCUT2D eigenvalue weighted by Crippen LogP contribution is -2.14. The van der Waals surface area contributed by atoms with Crippen LogP contribution in [0, 0.1) is 0 Å². The first kappa shape index (κ1) is 13.7. The smallest absolute Gasteiger partial charge is 0.337 e. The van der Waals surface area contributed by atoms with Crippen molar-refractivity contribution in [2.45, 2.75) is 0 Å². The number of aromatic nitrogens is 4. The van der Waals surface area contributed by atoms with E-state index in [1.165, 1.54) is 44.0 Å². The summed E-state index contributed by atoms with van der Waals surface area (Å²) in [5, 5.41) is 2.67. The SMILES string of the molecule is COC(=O)c1ccc(C(=O)Nc2ncnc3nc[nH]c23)cc1. The molecule has 8 heteroatoms. The standard InChI is InChI=1S/C14H11N5O3/c1-22-14(21)9-4-2-8(3-5-9)13(20)19-12-10-11(16-6-15-10)17-7-18-12/h2-7H,1H3,(H2,15,16,17,18,19,20). The summed E-state index contributed by atoms with van der Waals surface area (Å²) in [4.78, 5) is 38.4. The minimum atomic E-state index is -0.457. The van der Waals surface area contributed by atoms with Crippen LogP contribution < -0.4 is 5.32 Å². The highest BCUT2D eigenvalue weighted by atomic mass is 16.5. The molecule has 1 amide bonds. The zero-order valence-corrected chi connectivity index (χ0v) is 11.5. The third-order valence-corrected chi connectivity index (χ3v) is 3.02. The topological polar surface area (TPSA) is 110 Å². The number of nitrogens with one attached hydrogen (secondary N) is 2. The van der Waals surface area contributed by atoms with Crippen molar-refractivity contribution < 1.29 is 14.3 Å². The molecule has 3 aromatic rings. The van der Waals surface area contributed by atoms with E-state index >= 15 is 0 Å². The molecule has 0 aliphatic carbocycles. The van der Waals surface area contributed by atoms with Crippen LogP contribution in [0.4, 0.5) is 5.82 Å². The van der Waals surface area contributed by atoms with Gasteiger partial charge in [-0.2, -0.15) is 0 Å². The summed E-state index contributed by atoms with van der Waals surface area (Å²) in [6, 6.07) is 6.11. The number of rotatable bonds is 3. The van der Waals surface area contributed by atoms with Crippen molar-refractivity contribution >= 4 is 28.9 Å². The molecule has 0 atom stereocenters. The van der Waals surface area contributed by atoms with E-state index < -0.39 is 5.97 Å². The first-order valence-electron chi connectivity index (χ1n) is 6.33. The van der Waals surface area contributed by atoms with Gasteiger partial charge >= 0.3 is 5.97 Å². The molecule has 22 heavy (non-hydrogen) atoms. The quantitative estimate of drug-likeness (QED) is 0.707. The normalized spacial score (nSPS) is 10.4. The van der Waals surface area contributed by atoms with Crippen molar-refractivity contribution in [2.24, 2.45) is 0 Å². The lowest BCUT2D eigenvalue weighted by molar-refractivity contribution is 0.0600. The third kappa shape index (κ3) is 2.49. The molecule has 2 N–H and O–H groups in total. The van der Waals surface area contributed by atoms with E-state index in [-0.39, 0.29) is 5.91 Å². The van der Waals surface area contributed by atoms with Gasteiger partial charge in [-0.25, -0.2) is 19.7 Å². The van der Waals surface area contributed by atoms with E-state index in [2.05, 4.69) is 30.0 Å². The van der Waals surface area contributed by atoms with Gasteiger partial charge < -0.3 is 15.0 Å². The number of ether oxygens (including phenoxy) is 1. The van der Waals surface area contributed by atoms with Crippen LogP contribution in [-0.2, 0) is 4.74 Å². The maximum absolute atomic E-state index is 12.2. The summed E-state index contributed by atoms with van der Waals surface area (Å²) < 4.78 is 4.60. The molecule has 2 heterocycles. The number of carbonyl (C=O) groups is 2. The summed E-state index contributed by atoms with van der Waals surface area (Å²) in [5.41, 5.74) is 1.77. The van der Waals surface area contributed by atoms with Crippen LogP contribution >= 0.6 is 0 Å². The van der Waals surface area contributed by atoms with Gasteiger partial charge in [-0.05, 0) is 24.3 Å². The van der Waals surface area contributed by atoms with Crippen LogP contribution in [0.15, 0.2) is 36.9 Å². The third-order valence-electron chi connectivity index (χ3n) is 3.02. The van der Waals surface area contributed by atoms with Gasteiger partial charge in [0.25, 0.3) is 5.91 Å². The van der Waals surface area contributed by atoms with E-state index in [0.29, 0.717) is 28.1 Å². The fraction of sp³-hybridized carbons (Fsp3) is 0.0714. The van der Waals surface area contributed by atoms with Gasteiger partial charge in [-0.1, -0.05) is 0 Å². The Morgan fingerprint density at radius 1 is 1.09 bits per heavy atom. The number of nitrogens with zero attached hydrogens (tertiary/aromatic N) is 3. The highest BCUT2D eigenvalue weighted by molar-refractivity contribution is 6.07. The molecule has 0 saturated heterocycles. The number of fused-ring (bicyclic) bond motifs is 1. The summed E-state index contributed by atoms with van der Waals surface area (Å²) in [6.07, 6.45) is 2.79. The molecular weight excluding hydrogens is 286 g/mol. The highest BCUT2D eigenvalue weighted by Gasteiger charge is 2.12. The van der Waals surface area contributed by atoms with Gasteiger partial charge in [0.2, 0.25) is 0 Å². The van der Waals surface area contributed by atoms with Crippen LogP contribution in [-0.4, -0.2) is 38.9 Å². The number of hydrogen-bond donors (Lipinski definition) is 2. The minimum Gasteiger partial charge on any atom is -0.465 e. The molecule has 2 aromatic heterocycles. The second-order valence-corrected chi connectivity index (χ2v) is 4.35. The van der Waals surface area contributed by atoms with Crippen molar-refractivity contribution in [3.05, 3.63) is 48.0 Å². The molecular formula is C14H11N5O3. The van der Waals surface area contributed by atoms with Gasteiger partial charge in [-0.3, -0.25) is 4.79 Å². The first-order chi connectivity index (χ1) is 10.7. The van der Waals surface area contributed by atoms with Gasteiger partial charge in [0.1, 0.15) is 11.8 Å². The number of imidazole rings is 1. The van der Waals surface area contributed by atoms with E-state index in [1.54, 1.807) is 0 Å². The molecule has 1 aromatic carbocycles. The van der Waals surface area contributed by atoms with Crippen molar-refractivity contribution in [2.75, 3.05) is 12.4 Å². The molecule has 0 bridgehead atoms. The van der Waals surface area contributed by atoms with E-state index in [4.69, 9.17) is 0 Å². The zero-order chi connectivity index (χ0) is 15.5. The first-order valence-corrected chi connectivity index (χ1v) is 6.33. The average molecular weight is 297 g/mol. The number of hydrogen-bond acceptors (Lipinski definition) is 6. The lowest BCUT2D eigenvalue weighted by atomic mass is 10.1. The van der Waals surface area contributed by atoms with Gasteiger partial charge in [0.15, 0.2) is 11.5 Å². The molecule has 3 rings (SSSR count). The predicted molar refractivity (Wildman–Crippen MR) is 77.4 cm³/mol. The number of carbonyl (C=O) groups excluding carboxylic acids is 2. The minimum absolute atomic E-state index is 0.338. The molecule has 0 aliphatic heterocycles. The largest absolute Gasteiger partial charge is 0.465 e. The molecule has 110 valence electrons. The van der Waals surface area contributed by atoms with Crippen molar-refractivity contribution in [3.63, 3.8) is 0 Å². The monoisotopic (exact) mass is 297 g/mol. The Morgan fingerprint density at radius 3 is 2.55 bits per heavy atom. The van der Waals surface area contributed by atoms with E-state index in [9.17, 15) is 9.59 Å². The second kappa shape index (κ2) is 5.60. The number of anilines is 1. The molecule has 0 radical (unpaired) electrons. The van der Waals surface area contributed by atoms with Crippen LogP contribution in [0.3, 0.4) is 0 Å². The van der Waals surface area contributed by atoms with Crippen LogP contribution in [0.5, 0.6) is 0 Å². The summed E-state index contributed by atoms with van der Waals surface area (Å²) in [7, 11) is 1.30. The Hall–Kier alpha value is -3.29. The molecule has 0 aliphatic rings. The maximum Gasteiger partial charge on any atom is 0.337 e. The number of aromatic amines is 1. The van der Waals surface area contributed by atoms with Crippen molar-refractivity contribution in [1.29, 1.82) is 0 Å². The average Bonchev–Trinajstić information content (AvgIpc) is 3.04. The molecule has 0 spiro atoms. The Morgan fingerprint density at radius 2 is 1.82 bits per heavy atom. The Labute approximate surface area is 124 Å². The van der Waals surface area contributed by atoms with Crippen molar-refractivity contribution in [1.82, 2.24) is 19.9 Å². The Kier molecular flexibility index (Phi) is 3.48. The molecule has 0 unspecified atom stereocenters. The van der Waals surface area contributed by atoms with Crippen molar-refractivity contribution in [3.8, 4) is 0 Å². The zero-order valence-electron chi connectivity index (χ0n) is 11.5. The van der Waals surface area contributed by atoms with E-state index in [1.807, 2.05) is 0 Å². The number of methoxy groups -OCH3 is 1. The number of amides is 1. The fourth-order valence-corrected chi connectivity index (χ4v) is 1.92. The number of H-pyrrole nitrogens is 1. The summed E-state index contributed by atoms with van der Waals surface area (Å²) in [6.45, 7) is 0. The number of esters is 1. The highest BCUT2D eigenvalue weighted by Crippen LogP contribution is 2.15. The van der Waals surface area contributed by atoms with Gasteiger partial charge in [-0.15, -0.1) is 0 Å². The molecule has 0 fully saturated rings. The van der Waals surface area contributed by atoms with Gasteiger partial charge in [0.05, 0.1) is 19.0 Å². The van der Waals surface area contributed by atoms with Gasteiger partial charge in [0, 0.05) is 5.56 Å². The maximum atomic E-state index is 12.2. The fourth-order valence-electron chi connectivity index (χ4n) is 1.92. The van der Waals surface area contributed by atoms with Crippen LogP contribution in [0.25, 0.3) is 11.2 Å². The Balaban J connectivity index is 1.82. The van der Waals surface area contributed by atoms with E-state index in [0.717, 1.165) is 0 Å². The Bertz CT molecular complexity index is 841. The van der Waals surface area contributed by atoms with Crippen LogP contribution in [0.2, 0.25) is 0 Å². The van der Waals surface area contributed by atoms with Crippen LogP contribution in [0.1, 0.15) is 20.7 Å². The summed E-state index contributed by atoms with van der Waals surface area (Å²) in [5.74, 6) is -0.475. The second-order valence-electron chi connectivity index (χ2n) is 4.35.